The summed E-state index contributed by atoms with van der Waals surface area (Å²) in [4.78, 5) is 14.7. The lowest BCUT2D eigenvalue weighted by Gasteiger charge is -2.01. The Morgan fingerprint density at radius 3 is 3.14 bits per heavy atom. The molecule has 3 heteroatoms. The number of fused-ring (bicyclic) bond motifs is 1. The highest BCUT2D eigenvalue weighted by molar-refractivity contribution is 5.88. The highest BCUT2D eigenvalue weighted by Crippen LogP contribution is 2.33. The maximum atomic E-state index is 10.7. The minimum absolute atomic E-state index is 0.102. The van der Waals surface area contributed by atoms with E-state index >= 15 is 0 Å². The van der Waals surface area contributed by atoms with E-state index in [1.807, 2.05) is 13.0 Å². The van der Waals surface area contributed by atoms with Crippen LogP contribution in [0, 0.1) is 0 Å². The van der Waals surface area contributed by atoms with Gasteiger partial charge in [0.25, 0.3) is 0 Å². The van der Waals surface area contributed by atoms with Gasteiger partial charge in [0.15, 0.2) is 0 Å². The van der Waals surface area contributed by atoms with E-state index < -0.39 is 5.97 Å². The van der Waals surface area contributed by atoms with Crippen LogP contribution in [0.25, 0.3) is 5.57 Å². The highest BCUT2D eigenvalue weighted by Gasteiger charge is 2.20. The molecule has 0 radical (unpaired) electrons. The summed E-state index contributed by atoms with van der Waals surface area (Å²) in [6, 6.07) is 1.95. The smallest absolute Gasteiger partial charge is 0.307 e. The van der Waals surface area contributed by atoms with Gasteiger partial charge in [0, 0.05) is 18.0 Å². The van der Waals surface area contributed by atoms with Gasteiger partial charge in [-0.05, 0) is 30.5 Å². The quantitative estimate of drug-likeness (QED) is 0.772. The first-order valence-electron chi connectivity index (χ1n) is 4.52. The van der Waals surface area contributed by atoms with Gasteiger partial charge in [-0.25, -0.2) is 0 Å². The average molecular weight is 189 g/mol. The molecule has 1 N–H and O–H groups in total. The zero-order valence-corrected chi connectivity index (χ0v) is 7.95. The van der Waals surface area contributed by atoms with Crippen LogP contribution in [0.15, 0.2) is 24.0 Å². The van der Waals surface area contributed by atoms with Gasteiger partial charge in [-0.1, -0.05) is 5.57 Å². The van der Waals surface area contributed by atoms with Crippen LogP contribution in [0.5, 0.6) is 0 Å². The van der Waals surface area contributed by atoms with E-state index in [0.717, 1.165) is 23.1 Å². The highest BCUT2D eigenvalue weighted by atomic mass is 16.4. The monoisotopic (exact) mass is 189 g/mol. The normalized spacial score (nSPS) is 14.4. The predicted octanol–water partition coefficient (Wildman–Crippen LogP) is 1.89. The number of carboxylic acid groups (broad SMARTS) is 1. The molecular formula is C11H11NO2. The standard InChI is InChI=1S/C11H11NO2/c1-7-4-8-2-3-12-6-10(8)9(7)5-11(13)14/h2-3,6H,4-5H2,1H3,(H,13,14). The van der Waals surface area contributed by atoms with Crippen LogP contribution < -0.4 is 0 Å². The lowest BCUT2D eigenvalue weighted by Crippen LogP contribution is -1.97. The second kappa shape index (κ2) is 3.25. The summed E-state index contributed by atoms with van der Waals surface area (Å²) in [5, 5.41) is 8.76. The number of carboxylic acids is 1. The second-order valence-corrected chi connectivity index (χ2v) is 3.54. The zero-order valence-electron chi connectivity index (χ0n) is 7.95. The van der Waals surface area contributed by atoms with Crippen molar-refractivity contribution in [3.05, 3.63) is 35.2 Å². The van der Waals surface area contributed by atoms with Crippen molar-refractivity contribution in [3.63, 3.8) is 0 Å². The Kier molecular flexibility index (Phi) is 2.08. The third kappa shape index (κ3) is 1.41. The van der Waals surface area contributed by atoms with Crippen molar-refractivity contribution in [2.24, 2.45) is 0 Å². The van der Waals surface area contributed by atoms with Crippen LogP contribution in [0.4, 0.5) is 0 Å². The summed E-state index contributed by atoms with van der Waals surface area (Å²) in [6.45, 7) is 1.98. The molecule has 1 heterocycles. The lowest BCUT2D eigenvalue weighted by atomic mass is 10.1. The van der Waals surface area contributed by atoms with E-state index in [2.05, 4.69) is 4.98 Å². The first-order valence-corrected chi connectivity index (χ1v) is 4.52. The van der Waals surface area contributed by atoms with E-state index in [1.54, 1.807) is 12.4 Å². The zero-order chi connectivity index (χ0) is 10.1. The Morgan fingerprint density at radius 1 is 1.64 bits per heavy atom. The summed E-state index contributed by atoms with van der Waals surface area (Å²) >= 11 is 0. The molecule has 0 aliphatic heterocycles. The molecule has 2 rings (SSSR count). The van der Waals surface area contributed by atoms with Crippen molar-refractivity contribution >= 4 is 11.5 Å². The van der Waals surface area contributed by atoms with E-state index in [-0.39, 0.29) is 6.42 Å². The Bertz CT molecular complexity index is 421. The molecule has 0 saturated heterocycles. The Morgan fingerprint density at radius 2 is 2.43 bits per heavy atom. The summed E-state index contributed by atoms with van der Waals surface area (Å²) in [5.74, 6) is -0.781. The van der Waals surface area contributed by atoms with Crippen molar-refractivity contribution in [2.75, 3.05) is 0 Å². The summed E-state index contributed by atoms with van der Waals surface area (Å²) in [6.07, 6.45) is 4.46. The number of allylic oxidation sites excluding steroid dienone is 1. The first kappa shape index (κ1) is 8.94. The van der Waals surface area contributed by atoms with Crippen molar-refractivity contribution in [3.8, 4) is 0 Å². The second-order valence-electron chi connectivity index (χ2n) is 3.54. The molecule has 0 spiro atoms. The number of hydrogen-bond donors (Lipinski definition) is 1. The molecule has 0 fully saturated rings. The van der Waals surface area contributed by atoms with Gasteiger partial charge in [0.05, 0.1) is 6.42 Å². The molecular weight excluding hydrogens is 178 g/mol. The Balaban J connectivity index is 2.41. The molecule has 1 aromatic rings. The molecule has 0 unspecified atom stereocenters. The molecule has 0 saturated carbocycles. The summed E-state index contributed by atoms with van der Waals surface area (Å²) in [5.41, 5.74) is 4.28. The lowest BCUT2D eigenvalue weighted by molar-refractivity contribution is -0.135. The number of rotatable bonds is 2. The molecule has 0 atom stereocenters. The van der Waals surface area contributed by atoms with Gasteiger partial charge < -0.3 is 5.11 Å². The number of aromatic nitrogens is 1. The van der Waals surface area contributed by atoms with Crippen LogP contribution in [0.2, 0.25) is 0 Å². The minimum atomic E-state index is -0.781. The Hall–Kier alpha value is -1.64. The molecule has 0 bridgehead atoms. The number of aliphatic carboxylic acids is 1. The molecule has 1 aromatic heterocycles. The summed E-state index contributed by atoms with van der Waals surface area (Å²) < 4.78 is 0. The molecule has 72 valence electrons. The first-order chi connectivity index (χ1) is 6.68. The topological polar surface area (TPSA) is 50.2 Å². The van der Waals surface area contributed by atoms with Gasteiger partial charge in [-0.3, -0.25) is 9.78 Å². The minimum Gasteiger partial charge on any atom is -0.481 e. The van der Waals surface area contributed by atoms with Crippen molar-refractivity contribution in [1.82, 2.24) is 4.98 Å². The number of hydrogen-bond acceptors (Lipinski definition) is 2. The van der Waals surface area contributed by atoms with Crippen LogP contribution in [0.3, 0.4) is 0 Å². The fourth-order valence-electron chi connectivity index (χ4n) is 1.87. The molecule has 3 nitrogen and oxygen atoms in total. The number of carbonyl (C=O) groups is 1. The molecule has 14 heavy (non-hydrogen) atoms. The fourth-order valence-corrected chi connectivity index (χ4v) is 1.87. The van der Waals surface area contributed by atoms with Crippen molar-refractivity contribution < 1.29 is 9.90 Å². The van der Waals surface area contributed by atoms with Crippen molar-refractivity contribution in [2.45, 2.75) is 19.8 Å². The molecule has 0 aromatic carbocycles. The van der Waals surface area contributed by atoms with Crippen LogP contribution >= 0.6 is 0 Å². The third-order valence-electron chi connectivity index (χ3n) is 2.54. The maximum Gasteiger partial charge on any atom is 0.307 e. The van der Waals surface area contributed by atoms with E-state index in [0.29, 0.717) is 0 Å². The maximum absolute atomic E-state index is 10.7. The van der Waals surface area contributed by atoms with Gasteiger partial charge in [-0.15, -0.1) is 0 Å². The van der Waals surface area contributed by atoms with Gasteiger partial charge in [0.1, 0.15) is 0 Å². The molecule has 1 aliphatic rings. The van der Waals surface area contributed by atoms with Gasteiger partial charge in [0.2, 0.25) is 0 Å². The van der Waals surface area contributed by atoms with E-state index in [4.69, 9.17) is 5.11 Å². The van der Waals surface area contributed by atoms with Crippen LogP contribution in [-0.4, -0.2) is 16.1 Å². The van der Waals surface area contributed by atoms with Crippen molar-refractivity contribution in [1.29, 1.82) is 0 Å². The Labute approximate surface area is 82.1 Å². The average Bonchev–Trinajstić information content (AvgIpc) is 2.43. The van der Waals surface area contributed by atoms with Gasteiger partial charge >= 0.3 is 5.97 Å². The van der Waals surface area contributed by atoms with Gasteiger partial charge in [-0.2, -0.15) is 0 Å². The fraction of sp³-hybridized carbons (Fsp3) is 0.273. The third-order valence-corrected chi connectivity index (χ3v) is 2.54. The molecule has 1 aliphatic carbocycles. The molecule has 0 amide bonds. The van der Waals surface area contributed by atoms with E-state index in [9.17, 15) is 4.79 Å². The number of nitrogens with zero attached hydrogens (tertiary/aromatic N) is 1. The number of pyridine rings is 1. The summed E-state index contributed by atoms with van der Waals surface area (Å²) in [7, 11) is 0. The van der Waals surface area contributed by atoms with E-state index in [1.165, 1.54) is 5.56 Å². The van der Waals surface area contributed by atoms with Crippen LogP contribution in [0.1, 0.15) is 24.5 Å². The SMILES string of the molecule is CC1=C(CC(=O)O)c2cnccc2C1. The predicted molar refractivity (Wildman–Crippen MR) is 52.8 cm³/mol. The largest absolute Gasteiger partial charge is 0.481 e. The van der Waals surface area contributed by atoms with Crippen LogP contribution in [-0.2, 0) is 11.2 Å².